The number of amides is 2. The lowest BCUT2D eigenvalue weighted by atomic mass is 9.47. The molecule has 0 radical (unpaired) electrons. The number of nitrogens with one attached hydrogen (secondary N) is 2. The van der Waals surface area contributed by atoms with Crippen LogP contribution in [0.2, 0.25) is 0 Å². The lowest BCUT2D eigenvalue weighted by molar-refractivity contribution is -0.177. The van der Waals surface area contributed by atoms with Gasteiger partial charge >= 0.3 is 5.97 Å². The van der Waals surface area contributed by atoms with E-state index in [4.69, 9.17) is 9.47 Å². The summed E-state index contributed by atoms with van der Waals surface area (Å²) in [7, 11) is 1.43. The van der Waals surface area contributed by atoms with Crippen molar-refractivity contribution < 1.29 is 33.4 Å². The highest BCUT2D eigenvalue weighted by molar-refractivity contribution is 5.98. The van der Waals surface area contributed by atoms with Crippen molar-refractivity contribution in [3.05, 3.63) is 23.3 Å². The molecule has 6 aliphatic carbocycles. The van der Waals surface area contributed by atoms with Crippen LogP contribution in [0.1, 0.15) is 87.1 Å². The Morgan fingerprint density at radius 3 is 2.35 bits per heavy atom. The Kier molecular flexibility index (Phi) is 6.28. The number of fused-ring (bicyclic) bond motifs is 2. The minimum Gasteiger partial charge on any atom is -0.496 e. The third-order valence-electron chi connectivity index (χ3n) is 10.4. The van der Waals surface area contributed by atoms with Crippen molar-refractivity contribution in [2.45, 2.75) is 94.5 Å². The van der Waals surface area contributed by atoms with Gasteiger partial charge < -0.3 is 25.2 Å². The first-order valence-electron chi connectivity index (χ1n) is 14.3. The van der Waals surface area contributed by atoms with Gasteiger partial charge in [-0.3, -0.25) is 14.4 Å². The van der Waals surface area contributed by atoms with Crippen LogP contribution in [0.15, 0.2) is 12.1 Å². The Balaban J connectivity index is 1.18. The summed E-state index contributed by atoms with van der Waals surface area (Å²) in [6.07, 6.45) is 5.58. The largest absolute Gasteiger partial charge is 0.496 e. The first kappa shape index (κ1) is 26.9. The average Bonchev–Trinajstić information content (AvgIpc) is 3.50. The lowest BCUT2D eigenvalue weighted by Gasteiger charge is -2.66. The highest BCUT2D eigenvalue weighted by Gasteiger charge is 2.70. The third kappa shape index (κ3) is 4.38. The van der Waals surface area contributed by atoms with Crippen LogP contribution in [-0.2, 0) is 9.59 Å². The number of aliphatic carboxylic acids is 1. The molecule has 0 spiro atoms. The van der Waals surface area contributed by atoms with Gasteiger partial charge in [-0.2, -0.15) is 5.26 Å². The number of halogens is 1. The second-order valence-electron chi connectivity index (χ2n) is 13.2. The standard InChI is InChI=1S/C30H36FN3O6/c1-28(27(37)38)7-5-19(6-8-28)40-21-11-20(22(39-2)10-18(21)12-32)25(35)33-24-17-4-3-16(9-17)23(24)26(36)34-30-13-29(31,14-30)15-30/h10-11,16-17,19,23-24H,3-9,13-15H2,1-2H3,(H,33,35)(H,34,36)(H,37,38)/t16-,17+,19-,23-,24+,28+,29?,30?/m0/s1. The number of carbonyl (C=O) groups is 3. The van der Waals surface area contributed by atoms with Crippen LogP contribution in [0, 0.1) is 34.5 Å². The van der Waals surface area contributed by atoms with Crippen molar-refractivity contribution in [1.29, 1.82) is 5.26 Å². The first-order chi connectivity index (χ1) is 19.0. The Morgan fingerprint density at radius 2 is 1.75 bits per heavy atom. The molecule has 0 heterocycles. The topological polar surface area (TPSA) is 138 Å². The van der Waals surface area contributed by atoms with Crippen molar-refractivity contribution in [2.24, 2.45) is 23.2 Å². The van der Waals surface area contributed by atoms with E-state index < -0.39 is 28.5 Å². The molecular weight excluding hydrogens is 517 g/mol. The molecule has 6 fully saturated rings. The molecule has 0 unspecified atom stereocenters. The summed E-state index contributed by atoms with van der Waals surface area (Å²) < 4.78 is 25.7. The van der Waals surface area contributed by atoms with Crippen molar-refractivity contribution in [2.75, 3.05) is 7.11 Å². The molecule has 9 nitrogen and oxygen atoms in total. The predicted molar refractivity (Wildman–Crippen MR) is 140 cm³/mol. The van der Waals surface area contributed by atoms with E-state index in [2.05, 4.69) is 16.7 Å². The molecule has 4 bridgehead atoms. The van der Waals surface area contributed by atoms with E-state index in [1.807, 2.05) is 0 Å². The number of carbonyl (C=O) groups excluding carboxylic acids is 2. The van der Waals surface area contributed by atoms with Crippen molar-refractivity contribution in [1.82, 2.24) is 10.6 Å². The van der Waals surface area contributed by atoms with Crippen LogP contribution < -0.4 is 20.1 Å². The summed E-state index contributed by atoms with van der Waals surface area (Å²) in [5.41, 5.74) is -1.87. The molecule has 10 heteroatoms. The Hall–Kier alpha value is -3.35. The number of hydrogen-bond donors (Lipinski definition) is 3. The monoisotopic (exact) mass is 553 g/mol. The van der Waals surface area contributed by atoms with Gasteiger partial charge in [0.2, 0.25) is 5.91 Å². The highest BCUT2D eigenvalue weighted by Crippen LogP contribution is 2.63. The quantitative estimate of drug-likeness (QED) is 0.444. The predicted octanol–water partition coefficient (Wildman–Crippen LogP) is 3.88. The van der Waals surface area contributed by atoms with Gasteiger partial charge in [0.25, 0.3) is 5.91 Å². The zero-order chi connectivity index (χ0) is 28.4. The minimum absolute atomic E-state index is 0.0966. The molecule has 4 atom stereocenters. The number of nitriles is 1. The second kappa shape index (κ2) is 9.35. The summed E-state index contributed by atoms with van der Waals surface area (Å²) in [5.74, 6) is -0.827. The Bertz CT molecular complexity index is 1280. The number of ether oxygens (including phenoxy) is 2. The van der Waals surface area contributed by atoms with E-state index in [1.165, 1.54) is 19.2 Å². The zero-order valence-corrected chi connectivity index (χ0v) is 22.9. The molecule has 3 N–H and O–H groups in total. The molecule has 214 valence electrons. The van der Waals surface area contributed by atoms with Crippen LogP contribution in [0.5, 0.6) is 11.5 Å². The van der Waals surface area contributed by atoms with E-state index in [0.29, 0.717) is 44.9 Å². The maximum Gasteiger partial charge on any atom is 0.309 e. The van der Waals surface area contributed by atoms with Gasteiger partial charge in [0.05, 0.1) is 35.7 Å². The fraction of sp³-hybridized carbons (Fsp3) is 0.667. The van der Waals surface area contributed by atoms with Gasteiger partial charge in [-0.05, 0) is 69.8 Å². The van der Waals surface area contributed by atoms with E-state index in [1.54, 1.807) is 6.92 Å². The number of hydrogen-bond acceptors (Lipinski definition) is 6. The molecule has 7 rings (SSSR count). The molecule has 6 aliphatic rings. The first-order valence-corrected chi connectivity index (χ1v) is 14.3. The average molecular weight is 554 g/mol. The van der Waals surface area contributed by atoms with Crippen LogP contribution in [0.3, 0.4) is 0 Å². The number of benzene rings is 1. The number of methoxy groups -OCH3 is 1. The van der Waals surface area contributed by atoms with Gasteiger partial charge in [0.15, 0.2) is 0 Å². The number of nitrogens with zero attached hydrogens (tertiary/aromatic N) is 1. The van der Waals surface area contributed by atoms with Crippen molar-refractivity contribution in [3.8, 4) is 17.6 Å². The van der Waals surface area contributed by atoms with Gasteiger partial charge in [-0.15, -0.1) is 0 Å². The second-order valence-corrected chi connectivity index (χ2v) is 13.2. The summed E-state index contributed by atoms with van der Waals surface area (Å²) >= 11 is 0. The number of carboxylic acids is 1. The number of alkyl halides is 1. The summed E-state index contributed by atoms with van der Waals surface area (Å²) in [6.45, 7) is 1.73. The Labute approximate surface area is 232 Å². The van der Waals surface area contributed by atoms with Crippen LogP contribution in [-0.4, -0.2) is 53.4 Å². The van der Waals surface area contributed by atoms with E-state index >= 15 is 0 Å². The molecule has 6 saturated carbocycles. The molecule has 2 amide bonds. The molecule has 0 aromatic heterocycles. The van der Waals surface area contributed by atoms with E-state index in [-0.39, 0.29) is 58.4 Å². The molecular formula is C30H36FN3O6. The van der Waals surface area contributed by atoms with Gasteiger partial charge in [0, 0.05) is 36.9 Å². The maximum absolute atomic E-state index is 14.0. The van der Waals surface area contributed by atoms with E-state index in [9.17, 15) is 29.1 Å². The Morgan fingerprint density at radius 1 is 1.07 bits per heavy atom. The summed E-state index contributed by atoms with van der Waals surface area (Å²) in [6, 6.07) is 4.77. The zero-order valence-electron chi connectivity index (χ0n) is 22.9. The maximum atomic E-state index is 14.0. The molecule has 1 aromatic carbocycles. The van der Waals surface area contributed by atoms with E-state index in [0.717, 1.165) is 19.3 Å². The molecule has 0 saturated heterocycles. The fourth-order valence-corrected chi connectivity index (χ4v) is 8.08. The van der Waals surface area contributed by atoms with Crippen LogP contribution in [0.25, 0.3) is 0 Å². The number of rotatable bonds is 8. The SMILES string of the molecule is COc1cc(C#N)c(O[C@H]2CC[C@@](C)(C(=O)O)CC2)cc1C(=O)N[C@@H]1[C@@H]2CC[C@@H](C2)[C@@H]1C(=O)NC12CC(F)(C1)C2. The molecule has 1 aromatic rings. The van der Waals surface area contributed by atoms with Gasteiger partial charge in [0.1, 0.15) is 23.2 Å². The molecule has 0 aliphatic heterocycles. The van der Waals surface area contributed by atoms with Crippen molar-refractivity contribution in [3.63, 3.8) is 0 Å². The highest BCUT2D eigenvalue weighted by atomic mass is 19.1. The summed E-state index contributed by atoms with van der Waals surface area (Å²) in [4.78, 5) is 38.6. The van der Waals surface area contributed by atoms with Gasteiger partial charge in [-0.1, -0.05) is 0 Å². The van der Waals surface area contributed by atoms with Gasteiger partial charge in [-0.25, -0.2) is 4.39 Å². The van der Waals surface area contributed by atoms with Crippen LogP contribution >= 0.6 is 0 Å². The smallest absolute Gasteiger partial charge is 0.309 e. The minimum atomic E-state index is -1.10. The fourth-order valence-electron chi connectivity index (χ4n) is 8.08. The molecule has 40 heavy (non-hydrogen) atoms. The van der Waals surface area contributed by atoms with Crippen LogP contribution in [0.4, 0.5) is 4.39 Å². The third-order valence-corrected chi connectivity index (χ3v) is 10.4. The van der Waals surface area contributed by atoms with Crippen molar-refractivity contribution >= 4 is 17.8 Å². The summed E-state index contributed by atoms with van der Waals surface area (Å²) in [5, 5.41) is 25.5. The lowest BCUT2D eigenvalue weighted by Crippen LogP contribution is -2.77. The normalized spacial score (nSPS) is 38.8. The number of carboxylic acid groups (broad SMARTS) is 1.